The topological polar surface area (TPSA) is 95.6 Å². The predicted octanol–water partition coefficient (Wildman–Crippen LogP) is 2.70. The van der Waals surface area contributed by atoms with E-state index in [1.165, 1.54) is 19.2 Å². The minimum Gasteiger partial charge on any atom is -0.494 e. The molecule has 0 atom stereocenters. The second kappa shape index (κ2) is 7.59. The highest BCUT2D eigenvalue weighted by atomic mass is 32.2. The fourth-order valence-electron chi connectivity index (χ4n) is 2.67. The van der Waals surface area contributed by atoms with E-state index >= 15 is 0 Å². The van der Waals surface area contributed by atoms with Crippen LogP contribution in [0.25, 0.3) is 17.2 Å². The van der Waals surface area contributed by atoms with Crippen molar-refractivity contribution in [3.63, 3.8) is 0 Å². The third-order valence-electron chi connectivity index (χ3n) is 4.23. The molecule has 0 fully saturated rings. The Labute approximate surface area is 169 Å². The van der Waals surface area contributed by atoms with Gasteiger partial charge in [-0.3, -0.25) is 0 Å². The zero-order chi connectivity index (χ0) is 22.3. The lowest BCUT2D eigenvalue weighted by atomic mass is 10.2. The molecule has 12 heteroatoms. The molecule has 0 spiro atoms. The molecule has 3 aromatic heterocycles. The molecule has 160 valence electrons. The van der Waals surface area contributed by atoms with Crippen LogP contribution in [-0.2, 0) is 20.8 Å². The van der Waals surface area contributed by atoms with Gasteiger partial charge in [-0.2, -0.15) is 17.9 Å². The standard InChI is InChI=1S/C18H17F3N4O4S/c1-4-29-11(3)12-8-14(30(27,28)5-2)16(22-9-12)25-17(26)24-10-13(18(19,20)21)6-7-15(24)23-25/h6-10H,3-5H2,1-2H3. The Kier molecular flexibility index (Phi) is 5.46. The van der Waals surface area contributed by atoms with Crippen molar-refractivity contribution in [2.24, 2.45) is 0 Å². The Bertz CT molecular complexity index is 1290. The third kappa shape index (κ3) is 3.82. The van der Waals surface area contributed by atoms with Crippen molar-refractivity contribution >= 4 is 21.2 Å². The SMILES string of the molecule is C=C(OCC)c1cnc(-n2nc3ccc(C(F)(F)F)cn3c2=O)c(S(=O)(=O)CC)c1. The van der Waals surface area contributed by atoms with Crippen LogP contribution in [-0.4, -0.2) is 39.9 Å². The van der Waals surface area contributed by atoms with Gasteiger partial charge < -0.3 is 4.74 Å². The number of halogens is 3. The molecule has 3 aromatic rings. The Balaban J connectivity index is 2.27. The van der Waals surface area contributed by atoms with Gasteiger partial charge in [0.1, 0.15) is 10.7 Å². The first-order valence-electron chi connectivity index (χ1n) is 8.73. The van der Waals surface area contributed by atoms with Crippen LogP contribution in [0.5, 0.6) is 0 Å². The molecule has 0 aromatic carbocycles. The monoisotopic (exact) mass is 442 g/mol. The molecule has 0 aliphatic rings. The van der Waals surface area contributed by atoms with Gasteiger partial charge in [-0.1, -0.05) is 13.5 Å². The molecule has 8 nitrogen and oxygen atoms in total. The summed E-state index contributed by atoms with van der Waals surface area (Å²) in [6, 6.07) is 3.04. The smallest absolute Gasteiger partial charge is 0.417 e. The van der Waals surface area contributed by atoms with Crippen LogP contribution in [0.2, 0.25) is 0 Å². The normalized spacial score (nSPS) is 12.3. The second-order valence-electron chi connectivity index (χ2n) is 6.14. The highest BCUT2D eigenvalue weighted by molar-refractivity contribution is 7.91. The summed E-state index contributed by atoms with van der Waals surface area (Å²) in [5.74, 6) is -0.444. The van der Waals surface area contributed by atoms with Gasteiger partial charge in [0, 0.05) is 18.0 Å². The average Bonchev–Trinajstić information content (AvgIpc) is 3.03. The van der Waals surface area contributed by atoms with E-state index in [1.54, 1.807) is 6.92 Å². The van der Waals surface area contributed by atoms with Gasteiger partial charge in [0.25, 0.3) is 0 Å². The van der Waals surface area contributed by atoms with Crippen molar-refractivity contribution in [1.29, 1.82) is 0 Å². The highest BCUT2D eigenvalue weighted by Gasteiger charge is 2.31. The fourth-order valence-corrected chi connectivity index (χ4v) is 3.71. The van der Waals surface area contributed by atoms with Crippen molar-refractivity contribution in [1.82, 2.24) is 19.2 Å². The number of hydrogen-bond donors (Lipinski definition) is 0. The van der Waals surface area contributed by atoms with E-state index in [-0.39, 0.29) is 33.4 Å². The van der Waals surface area contributed by atoms with Crippen molar-refractivity contribution in [2.75, 3.05) is 12.4 Å². The average molecular weight is 442 g/mol. The summed E-state index contributed by atoms with van der Waals surface area (Å²) in [6.45, 7) is 7.13. The maximum atomic E-state index is 13.0. The van der Waals surface area contributed by atoms with E-state index in [9.17, 15) is 26.4 Å². The van der Waals surface area contributed by atoms with Crippen molar-refractivity contribution in [3.05, 3.63) is 58.8 Å². The largest absolute Gasteiger partial charge is 0.494 e. The summed E-state index contributed by atoms with van der Waals surface area (Å²) in [6.07, 6.45) is -2.81. The van der Waals surface area contributed by atoms with Crippen LogP contribution in [0, 0.1) is 0 Å². The lowest BCUT2D eigenvalue weighted by Gasteiger charge is -2.11. The van der Waals surface area contributed by atoms with Crippen molar-refractivity contribution in [3.8, 4) is 5.82 Å². The molecule has 3 heterocycles. The zero-order valence-electron chi connectivity index (χ0n) is 16.0. The molecule has 0 radical (unpaired) electrons. The van der Waals surface area contributed by atoms with Crippen molar-refractivity contribution < 1.29 is 26.3 Å². The molecular weight excluding hydrogens is 425 g/mol. The first-order chi connectivity index (χ1) is 14.0. The van der Waals surface area contributed by atoms with Crippen LogP contribution < -0.4 is 5.69 Å². The summed E-state index contributed by atoms with van der Waals surface area (Å²) in [7, 11) is -3.88. The third-order valence-corrected chi connectivity index (χ3v) is 5.96. The number of aromatic nitrogens is 4. The van der Waals surface area contributed by atoms with Crippen LogP contribution in [0.15, 0.2) is 46.9 Å². The number of pyridine rings is 2. The van der Waals surface area contributed by atoms with Gasteiger partial charge in [0.2, 0.25) is 0 Å². The summed E-state index contributed by atoms with van der Waals surface area (Å²) in [5.41, 5.74) is -1.86. The summed E-state index contributed by atoms with van der Waals surface area (Å²) >= 11 is 0. The maximum absolute atomic E-state index is 13.0. The molecule has 0 saturated heterocycles. The van der Waals surface area contributed by atoms with E-state index in [1.807, 2.05) is 0 Å². The lowest BCUT2D eigenvalue weighted by molar-refractivity contribution is -0.137. The summed E-state index contributed by atoms with van der Waals surface area (Å²) in [4.78, 5) is 16.4. The number of ether oxygens (including phenoxy) is 1. The number of alkyl halides is 3. The Hall–Kier alpha value is -3.15. The van der Waals surface area contributed by atoms with Gasteiger partial charge in [-0.05, 0) is 25.1 Å². The van der Waals surface area contributed by atoms with E-state index in [2.05, 4.69) is 16.7 Å². The zero-order valence-corrected chi connectivity index (χ0v) is 16.8. The predicted molar refractivity (Wildman–Crippen MR) is 102 cm³/mol. The van der Waals surface area contributed by atoms with E-state index in [0.717, 1.165) is 12.1 Å². The lowest BCUT2D eigenvalue weighted by Crippen LogP contribution is -2.23. The molecular formula is C18H17F3N4O4S. The Morgan fingerprint density at radius 2 is 1.97 bits per heavy atom. The molecule has 0 aliphatic heterocycles. The number of rotatable bonds is 6. The van der Waals surface area contributed by atoms with Crippen LogP contribution in [0.4, 0.5) is 13.2 Å². The Morgan fingerprint density at radius 3 is 2.57 bits per heavy atom. The van der Waals surface area contributed by atoms with Gasteiger partial charge in [-0.15, -0.1) is 5.10 Å². The first-order valence-corrected chi connectivity index (χ1v) is 10.4. The van der Waals surface area contributed by atoms with Gasteiger partial charge in [0.05, 0.1) is 17.9 Å². The fraction of sp³-hybridized carbons (Fsp3) is 0.278. The molecule has 0 aliphatic carbocycles. The van der Waals surface area contributed by atoms with Gasteiger partial charge in [0.15, 0.2) is 21.3 Å². The van der Waals surface area contributed by atoms with E-state index in [4.69, 9.17) is 4.74 Å². The Morgan fingerprint density at radius 1 is 1.27 bits per heavy atom. The van der Waals surface area contributed by atoms with Crippen molar-refractivity contribution in [2.45, 2.75) is 24.9 Å². The number of nitrogens with zero attached hydrogens (tertiary/aromatic N) is 4. The summed E-state index contributed by atoms with van der Waals surface area (Å²) < 4.78 is 70.8. The van der Waals surface area contributed by atoms with Crippen LogP contribution in [0.1, 0.15) is 25.0 Å². The molecule has 0 saturated carbocycles. The maximum Gasteiger partial charge on any atom is 0.417 e. The number of fused-ring (bicyclic) bond motifs is 1. The molecule has 30 heavy (non-hydrogen) atoms. The molecule has 0 N–H and O–H groups in total. The minimum atomic E-state index is -4.66. The quantitative estimate of drug-likeness (QED) is 0.545. The number of hydrogen-bond acceptors (Lipinski definition) is 6. The van der Waals surface area contributed by atoms with E-state index in [0.29, 0.717) is 21.9 Å². The van der Waals surface area contributed by atoms with Crippen LogP contribution >= 0.6 is 0 Å². The van der Waals surface area contributed by atoms with Gasteiger partial charge >= 0.3 is 11.9 Å². The van der Waals surface area contributed by atoms with Crippen LogP contribution in [0.3, 0.4) is 0 Å². The minimum absolute atomic E-state index is 0.0996. The highest BCUT2D eigenvalue weighted by Crippen LogP contribution is 2.29. The number of sulfone groups is 1. The molecule has 0 unspecified atom stereocenters. The van der Waals surface area contributed by atoms with E-state index < -0.39 is 27.3 Å². The summed E-state index contributed by atoms with van der Waals surface area (Å²) in [5, 5.41) is 3.94. The molecule has 3 rings (SSSR count). The second-order valence-corrected chi connectivity index (χ2v) is 8.39. The van der Waals surface area contributed by atoms with Gasteiger partial charge in [-0.25, -0.2) is 22.6 Å². The first kappa shape index (κ1) is 21.6. The molecule has 0 bridgehead atoms. The molecule has 0 amide bonds.